The molecule has 0 radical (unpaired) electrons. The number of carbonyl (C=O) groups excluding carboxylic acids is 1. The van der Waals surface area contributed by atoms with Gasteiger partial charge in [-0.1, -0.05) is 30.3 Å². The minimum atomic E-state index is -0.449. The highest BCUT2D eigenvalue weighted by atomic mass is 16.6. The molecular weight excluding hydrogens is 268 g/mol. The zero-order valence-electron chi connectivity index (χ0n) is 12.2. The Morgan fingerprint density at radius 1 is 0.905 bits per heavy atom. The lowest BCUT2D eigenvalue weighted by molar-refractivity contribution is -0.136. The summed E-state index contributed by atoms with van der Waals surface area (Å²) in [5, 5.41) is 0. The predicted octanol–water partition coefficient (Wildman–Crippen LogP) is 3.38. The standard InChI is InChI=1S/C17H18O4/c1-3-19-15-10-6-7-11-16(15)20-12-17(18)21-14-9-5-4-8-13(14)2/h4-11H,3,12H2,1-2H3. The summed E-state index contributed by atoms with van der Waals surface area (Å²) < 4.78 is 16.2. The van der Waals surface area contributed by atoms with E-state index in [0.29, 0.717) is 23.9 Å². The summed E-state index contributed by atoms with van der Waals surface area (Å²) in [4.78, 5) is 11.8. The molecule has 0 aromatic heterocycles. The SMILES string of the molecule is CCOc1ccccc1OCC(=O)Oc1ccccc1C. The molecule has 0 unspecified atom stereocenters. The van der Waals surface area contributed by atoms with Gasteiger partial charge in [-0.15, -0.1) is 0 Å². The fraction of sp³-hybridized carbons (Fsp3) is 0.235. The Bertz CT molecular complexity index is 607. The molecule has 0 aliphatic heterocycles. The van der Waals surface area contributed by atoms with Gasteiger partial charge in [-0.05, 0) is 37.6 Å². The number of aryl methyl sites for hydroxylation is 1. The number of hydrogen-bond acceptors (Lipinski definition) is 4. The van der Waals surface area contributed by atoms with Gasteiger partial charge in [0.15, 0.2) is 18.1 Å². The van der Waals surface area contributed by atoms with Crippen LogP contribution in [0.1, 0.15) is 12.5 Å². The number of rotatable bonds is 6. The second kappa shape index (κ2) is 7.33. The largest absolute Gasteiger partial charge is 0.490 e. The van der Waals surface area contributed by atoms with Crippen molar-refractivity contribution in [3.63, 3.8) is 0 Å². The Kier molecular flexibility index (Phi) is 5.21. The molecule has 0 N–H and O–H groups in total. The van der Waals surface area contributed by atoms with E-state index >= 15 is 0 Å². The van der Waals surface area contributed by atoms with E-state index in [1.54, 1.807) is 18.2 Å². The van der Waals surface area contributed by atoms with Crippen molar-refractivity contribution in [1.82, 2.24) is 0 Å². The number of esters is 1. The van der Waals surface area contributed by atoms with Gasteiger partial charge in [0.2, 0.25) is 0 Å². The van der Waals surface area contributed by atoms with Crippen LogP contribution in [0.3, 0.4) is 0 Å². The van der Waals surface area contributed by atoms with Crippen LogP contribution in [0, 0.1) is 6.92 Å². The molecule has 0 amide bonds. The molecule has 0 saturated heterocycles. The molecule has 110 valence electrons. The smallest absolute Gasteiger partial charge is 0.349 e. The van der Waals surface area contributed by atoms with Gasteiger partial charge in [0.25, 0.3) is 0 Å². The minimum Gasteiger partial charge on any atom is -0.490 e. The van der Waals surface area contributed by atoms with Crippen molar-refractivity contribution >= 4 is 5.97 Å². The number of para-hydroxylation sites is 3. The van der Waals surface area contributed by atoms with Gasteiger partial charge in [-0.3, -0.25) is 0 Å². The summed E-state index contributed by atoms with van der Waals surface area (Å²) in [6.07, 6.45) is 0. The van der Waals surface area contributed by atoms with Crippen molar-refractivity contribution in [2.45, 2.75) is 13.8 Å². The zero-order valence-corrected chi connectivity index (χ0v) is 12.2. The van der Waals surface area contributed by atoms with E-state index in [1.165, 1.54) is 0 Å². The van der Waals surface area contributed by atoms with Crippen LogP contribution in [0.2, 0.25) is 0 Å². The first kappa shape index (κ1) is 14.9. The van der Waals surface area contributed by atoms with Crippen molar-refractivity contribution in [2.75, 3.05) is 13.2 Å². The topological polar surface area (TPSA) is 44.8 Å². The fourth-order valence-corrected chi connectivity index (χ4v) is 1.80. The molecule has 0 fully saturated rings. The van der Waals surface area contributed by atoms with Crippen molar-refractivity contribution < 1.29 is 19.0 Å². The number of hydrogen-bond donors (Lipinski definition) is 0. The van der Waals surface area contributed by atoms with Crippen LogP contribution in [-0.2, 0) is 4.79 Å². The first-order valence-corrected chi connectivity index (χ1v) is 6.81. The van der Waals surface area contributed by atoms with Crippen molar-refractivity contribution in [1.29, 1.82) is 0 Å². The highest BCUT2D eigenvalue weighted by Crippen LogP contribution is 2.26. The van der Waals surface area contributed by atoms with Crippen LogP contribution in [0.5, 0.6) is 17.2 Å². The van der Waals surface area contributed by atoms with Crippen LogP contribution in [0.15, 0.2) is 48.5 Å². The third-order valence-electron chi connectivity index (χ3n) is 2.81. The van der Waals surface area contributed by atoms with E-state index in [0.717, 1.165) is 5.56 Å². The molecular formula is C17H18O4. The van der Waals surface area contributed by atoms with Gasteiger partial charge in [0.1, 0.15) is 5.75 Å². The first-order chi connectivity index (χ1) is 10.2. The van der Waals surface area contributed by atoms with Crippen LogP contribution in [-0.4, -0.2) is 19.2 Å². The Morgan fingerprint density at radius 3 is 2.10 bits per heavy atom. The molecule has 2 aromatic carbocycles. The maximum absolute atomic E-state index is 11.8. The Morgan fingerprint density at radius 2 is 1.48 bits per heavy atom. The summed E-state index contributed by atoms with van der Waals surface area (Å²) in [5.74, 6) is 1.24. The second-order valence-electron chi connectivity index (χ2n) is 4.41. The van der Waals surface area contributed by atoms with Gasteiger partial charge in [0.05, 0.1) is 6.61 Å². The highest BCUT2D eigenvalue weighted by molar-refractivity contribution is 5.74. The van der Waals surface area contributed by atoms with E-state index in [9.17, 15) is 4.79 Å². The molecule has 0 aliphatic rings. The summed E-state index contributed by atoms with van der Waals surface area (Å²) in [5.41, 5.74) is 0.903. The molecule has 4 heteroatoms. The van der Waals surface area contributed by atoms with E-state index in [-0.39, 0.29) is 6.61 Å². The van der Waals surface area contributed by atoms with Crippen molar-refractivity contribution in [3.8, 4) is 17.2 Å². The average Bonchev–Trinajstić information content (AvgIpc) is 2.49. The van der Waals surface area contributed by atoms with Crippen LogP contribution in [0.25, 0.3) is 0 Å². The normalized spacial score (nSPS) is 10.0. The lowest BCUT2D eigenvalue weighted by Crippen LogP contribution is -2.18. The van der Waals surface area contributed by atoms with E-state index < -0.39 is 5.97 Å². The summed E-state index contributed by atoms with van der Waals surface area (Å²) in [7, 11) is 0. The number of carbonyl (C=O) groups is 1. The Hall–Kier alpha value is -2.49. The first-order valence-electron chi connectivity index (χ1n) is 6.81. The maximum Gasteiger partial charge on any atom is 0.349 e. The van der Waals surface area contributed by atoms with E-state index in [2.05, 4.69) is 0 Å². The summed E-state index contributed by atoms with van der Waals surface area (Å²) >= 11 is 0. The van der Waals surface area contributed by atoms with Crippen molar-refractivity contribution in [3.05, 3.63) is 54.1 Å². The summed E-state index contributed by atoms with van der Waals surface area (Å²) in [6.45, 7) is 4.14. The molecule has 0 atom stereocenters. The lowest BCUT2D eigenvalue weighted by Gasteiger charge is -2.11. The predicted molar refractivity (Wildman–Crippen MR) is 79.9 cm³/mol. The van der Waals surface area contributed by atoms with E-state index in [4.69, 9.17) is 14.2 Å². The van der Waals surface area contributed by atoms with Crippen molar-refractivity contribution in [2.24, 2.45) is 0 Å². The highest BCUT2D eigenvalue weighted by Gasteiger charge is 2.10. The fourth-order valence-electron chi connectivity index (χ4n) is 1.80. The maximum atomic E-state index is 11.8. The third kappa shape index (κ3) is 4.24. The minimum absolute atomic E-state index is 0.168. The monoisotopic (exact) mass is 286 g/mol. The average molecular weight is 286 g/mol. The zero-order chi connectivity index (χ0) is 15.1. The Balaban J connectivity index is 1.94. The molecule has 2 rings (SSSR count). The van der Waals surface area contributed by atoms with Gasteiger partial charge >= 0.3 is 5.97 Å². The molecule has 0 aliphatic carbocycles. The third-order valence-corrected chi connectivity index (χ3v) is 2.81. The van der Waals surface area contributed by atoms with E-state index in [1.807, 2.05) is 44.2 Å². The molecule has 0 bridgehead atoms. The Labute approximate surface area is 124 Å². The van der Waals surface area contributed by atoms with Gasteiger partial charge in [0, 0.05) is 0 Å². The van der Waals surface area contributed by atoms with Crippen LogP contribution in [0.4, 0.5) is 0 Å². The lowest BCUT2D eigenvalue weighted by atomic mass is 10.2. The van der Waals surface area contributed by atoms with Gasteiger partial charge < -0.3 is 14.2 Å². The molecule has 0 heterocycles. The molecule has 0 saturated carbocycles. The molecule has 21 heavy (non-hydrogen) atoms. The van der Waals surface area contributed by atoms with Crippen LogP contribution >= 0.6 is 0 Å². The van der Waals surface area contributed by atoms with Gasteiger partial charge in [-0.2, -0.15) is 0 Å². The molecule has 4 nitrogen and oxygen atoms in total. The molecule has 2 aromatic rings. The number of ether oxygens (including phenoxy) is 3. The summed E-state index contributed by atoms with van der Waals surface area (Å²) in [6, 6.07) is 14.6. The van der Waals surface area contributed by atoms with Gasteiger partial charge in [-0.25, -0.2) is 4.79 Å². The van der Waals surface area contributed by atoms with Crippen LogP contribution < -0.4 is 14.2 Å². The number of benzene rings is 2. The second-order valence-corrected chi connectivity index (χ2v) is 4.41. The molecule has 0 spiro atoms. The quantitative estimate of drug-likeness (QED) is 0.603.